The summed E-state index contributed by atoms with van der Waals surface area (Å²) in [6, 6.07) is -0.190. The summed E-state index contributed by atoms with van der Waals surface area (Å²) in [5.74, 6) is -1.16. The molecule has 38 heavy (non-hydrogen) atoms. The van der Waals surface area contributed by atoms with Crippen molar-refractivity contribution < 1.29 is 70.5 Å². The van der Waals surface area contributed by atoms with Crippen molar-refractivity contribution in [2.45, 2.75) is 75.8 Å². The Bertz CT molecular complexity index is 1150. The van der Waals surface area contributed by atoms with E-state index in [1.54, 1.807) is 0 Å². The molecule has 5 atom stereocenters. The van der Waals surface area contributed by atoms with Gasteiger partial charge < -0.3 is 33.3 Å². The zero-order chi connectivity index (χ0) is 28.9. The van der Waals surface area contributed by atoms with Crippen LogP contribution in [0, 0.1) is 0 Å². The molecular weight excluding hydrogens is 584 g/mol. The summed E-state index contributed by atoms with van der Waals surface area (Å²) in [6.07, 6.45) is -7.23. The van der Waals surface area contributed by atoms with Gasteiger partial charge in [0.1, 0.15) is 18.3 Å². The average molecular weight is 612 g/mol. The lowest BCUT2D eigenvalue weighted by Gasteiger charge is -2.45. The van der Waals surface area contributed by atoms with Crippen molar-refractivity contribution in [3.05, 3.63) is 0 Å². The van der Waals surface area contributed by atoms with Gasteiger partial charge in [0.2, 0.25) is 43.0 Å². The molecule has 1 aliphatic carbocycles. The molecule has 0 bridgehead atoms. The van der Waals surface area contributed by atoms with Gasteiger partial charge >= 0.3 is 0 Å². The van der Waals surface area contributed by atoms with Crippen LogP contribution in [-0.2, 0) is 62.8 Å². The van der Waals surface area contributed by atoms with E-state index in [0.29, 0.717) is 12.8 Å². The summed E-state index contributed by atoms with van der Waals surface area (Å²) in [5.41, 5.74) is 0. The largest absolute Gasteiger partial charge is 0.726 e. The number of carbonyl (C=O) groups excluding carboxylic acids is 2. The Morgan fingerprint density at radius 3 is 1.84 bits per heavy atom. The van der Waals surface area contributed by atoms with Crippen LogP contribution >= 0.6 is 0 Å². The molecule has 2 fully saturated rings. The van der Waals surface area contributed by atoms with Crippen LogP contribution in [0.15, 0.2) is 0 Å². The first-order valence-corrected chi connectivity index (χ1v) is 15.0. The summed E-state index contributed by atoms with van der Waals surface area (Å²) in [6.45, 7) is 0.111. The van der Waals surface area contributed by atoms with Crippen LogP contribution in [0.5, 0.6) is 0 Å². The van der Waals surface area contributed by atoms with Crippen LogP contribution in [0.4, 0.5) is 0 Å². The first-order valence-electron chi connectivity index (χ1n) is 11.0. The fourth-order valence-electron chi connectivity index (χ4n) is 4.28. The molecule has 0 unspecified atom stereocenters. The third-order valence-electron chi connectivity index (χ3n) is 5.74. The van der Waals surface area contributed by atoms with E-state index < -0.39 is 80.9 Å². The Labute approximate surface area is 219 Å². The lowest BCUT2D eigenvalue weighted by molar-refractivity contribution is -0.274. The minimum absolute atomic E-state index is 0.190. The molecule has 0 aromatic rings. The number of rotatable bonds is 12. The van der Waals surface area contributed by atoms with Gasteiger partial charge in [0, 0.05) is 26.6 Å². The summed E-state index contributed by atoms with van der Waals surface area (Å²) in [7, 11) is -16.3. The molecule has 1 saturated carbocycles. The normalized spacial score (nSPS) is 27.6. The molecule has 0 aromatic carbocycles. The maximum absolute atomic E-state index is 12.6. The zero-order valence-corrected chi connectivity index (χ0v) is 22.6. The van der Waals surface area contributed by atoms with Crippen LogP contribution in [0.1, 0.15) is 39.0 Å². The molecule has 2 amide bonds. The number of hydrogen-bond donors (Lipinski definition) is 1. The molecule has 18 nitrogen and oxygen atoms in total. The van der Waals surface area contributed by atoms with Gasteiger partial charge in [0.15, 0.2) is 12.4 Å². The van der Waals surface area contributed by atoms with Gasteiger partial charge in [-0.2, -0.15) is 0 Å². The van der Waals surface area contributed by atoms with E-state index >= 15 is 0 Å². The second-order valence-electron chi connectivity index (χ2n) is 8.43. The summed E-state index contributed by atoms with van der Waals surface area (Å²) < 4.78 is 124. The highest BCUT2D eigenvalue weighted by molar-refractivity contribution is 7.81. The molecule has 1 N–H and O–H groups in total. The fourth-order valence-corrected chi connectivity index (χ4v) is 5.75. The van der Waals surface area contributed by atoms with E-state index in [2.05, 4.69) is 17.9 Å². The number of hydrogen-bond acceptors (Lipinski definition) is 16. The highest BCUT2D eigenvalue weighted by atomic mass is 32.3. The smallest absolute Gasteiger partial charge is 0.239 e. The molecule has 2 aliphatic rings. The first-order chi connectivity index (χ1) is 17.4. The van der Waals surface area contributed by atoms with Crippen molar-refractivity contribution in [1.29, 1.82) is 0 Å². The molecule has 1 aliphatic heterocycles. The van der Waals surface area contributed by atoms with Gasteiger partial charge in [0.05, 0.1) is 6.54 Å². The van der Waals surface area contributed by atoms with Crippen molar-refractivity contribution in [3.8, 4) is 0 Å². The topological polar surface area (TPSA) is 267 Å². The van der Waals surface area contributed by atoms with Crippen molar-refractivity contribution in [2.24, 2.45) is 0 Å². The van der Waals surface area contributed by atoms with Gasteiger partial charge in [-0.3, -0.25) is 22.1 Å². The third-order valence-corrected chi connectivity index (χ3v) is 7.12. The van der Waals surface area contributed by atoms with Gasteiger partial charge in [-0.1, -0.05) is 19.3 Å². The van der Waals surface area contributed by atoms with E-state index in [9.17, 15) is 48.5 Å². The summed E-state index contributed by atoms with van der Waals surface area (Å²) >= 11 is 0. The number of nitrogens with one attached hydrogen (secondary N) is 1. The first kappa shape index (κ1) is 32.7. The maximum Gasteiger partial charge on any atom is 0.239 e. The van der Waals surface area contributed by atoms with E-state index in [1.165, 1.54) is 11.8 Å². The molecule has 0 radical (unpaired) electrons. The molecule has 2 rings (SSSR count). The number of methoxy groups -OCH3 is 1. The number of ether oxygens (including phenoxy) is 2. The minimum atomic E-state index is -5.77. The Morgan fingerprint density at radius 1 is 0.868 bits per heavy atom. The minimum Gasteiger partial charge on any atom is -0.726 e. The molecule has 0 spiro atoms. The fraction of sp³-hybridized carbons (Fsp3) is 0.882. The van der Waals surface area contributed by atoms with Gasteiger partial charge in [-0.15, -0.1) is 0 Å². The van der Waals surface area contributed by atoms with Crippen LogP contribution in [0.25, 0.3) is 0 Å². The van der Waals surface area contributed by atoms with Crippen LogP contribution in [-0.4, -0.2) is 113 Å². The maximum atomic E-state index is 12.6. The van der Waals surface area contributed by atoms with Gasteiger partial charge in [0.25, 0.3) is 0 Å². The molecule has 21 heteroatoms. The monoisotopic (exact) mass is 611 g/mol. The second kappa shape index (κ2) is 13.2. The van der Waals surface area contributed by atoms with Gasteiger partial charge in [-0.25, -0.2) is 25.3 Å². The lowest BCUT2D eigenvalue weighted by Crippen LogP contribution is -2.64. The summed E-state index contributed by atoms with van der Waals surface area (Å²) in [4.78, 5) is 26.0. The molecular formula is C17H27N2O16S3-3. The number of carbonyl (C=O) groups is 2. The Balaban J connectivity index is 2.31. The predicted molar refractivity (Wildman–Crippen MR) is 117 cm³/mol. The molecule has 1 heterocycles. The third kappa shape index (κ3) is 10.6. The van der Waals surface area contributed by atoms with Crippen molar-refractivity contribution in [1.82, 2.24) is 10.2 Å². The van der Waals surface area contributed by atoms with Crippen molar-refractivity contribution in [3.63, 3.8) is 0 Å². The highest BCUT2D eigenvalue weighted by Crippen LogP contribution is 2.31. The Kier molecular flexibility index (Phi) is 11.4. The van der Waals surface area contributed by atoms with Crippen LogP contribution in [0.2, 0.25) is 0 Å². The Hall–Kier alpha value is -1.53. The van der Waals surface area contributed by atoms with E-state index in [4.69, 9.17) is 9.47 Å². The van der Waals surface area contributed by atoms with Crippen LogP contribution < -0.4 is 5.32 Å². The van der Waals surface area contributed by atoms with E-state index in [0.717, 1.165) is 26.4 Å². The van der Waals surface area contributed by atoms with E-state index in [-0.39, 0.29) is 11.9 Å². The summed E-state index contributed by atoms with van der Waals surface area (Å²) in [5, 5.41) is 2.29. The molecule has 222 valence electrons. The predicted octanol–water partition coefficient (Wildman–Crippen LogP) is -2.81. The quantitative estimate of drug-likeness (QED) is 0.172. The molecule has 0 aromatic heterocycles. The van der Waals surface area contributed by atoms with Crippen molar-refractivity contribution >= 4 is 43.0 Å². The van der Waals surface area contributed by atoms with Gasteiger partial charge in [-0.05, 0) is 12.8 Å². The standard InChI is InChI=1S/C17H30N2O16S3/c1-10(20)19(11-6-4-3-5-7-11)9-13(21)18-8-12-14(33-36(22,23)24)15(34-37(25,26)27)16(17(31-2)32-12)35-38(28,29)30/h11-12,14-17H,3-9H2,1-2H3,(H,18,21)(H,22,23,24)(H,25,26,27)(H,28,29,30)/p-3/t12-,14-,15+,16+,17+/m1/s1. The highest BCUT2D eigenvalue weighted by Gasteiger charge is 2.51. The number of amides is 2. The zero-order valence-electron chi connectivity index (χ0n) is 20.1. The SMILES string of the molecule is CO[C@H]1O[C@H](CNC(=O)CN(C(C)=O)C2CCCCC2)[C@@H](OS(=O)(=O)[O-])[C@H](OS(=O)(=O)[O-])[C@@H]1OS(=O)(=O)[O-]. The number of nitrogens with zero attached hydrogens (tertiary/aromatic N) is 1. The van der Waals surface area contributed by atoms with Crippen molar-refractivity contribution in [2.75, 3.05) is 20.2 Å². The van der Waals surface area contributed by atoms with Crippen LogP contribution in [0.3, 0.4) is 0 Å². The average Bonchev–Trinajstić information content (AvgIpc) is 2.76. The molecule has 1 saturated heterocycles. The Morgan fingerprint density at radius 2 is 1.37 bits per heavy atom. The van der Waals surface area contributed by atoms with E-state index in [1.807, 2.05) is 0 Å². The second-order valence-corrected chi connectivity index (χ2v) is 11.5. The lowest BCUT2D eigenvalue weighted by atomic mass is 9.94.